The SMILES string of the molecule is C[NH+](C)[C@H](CNc1[nH+]cccc1[N+](=O)[O-])c1c(F)cccc1Cl. The third-order valence-electron chi connectivity index (χ3n) is 3.56. The molecule has 8 heteroatoms. The Morgan fingerprint density at radius 3 is 2.74 bits per heavy atom. The topological polar surface area (TPSA) is 73.8 Å². The summed E-state index contributed by atoms with van der Waals surface area (Å²) in [4.78, 5) is 14.3. The smallest absolute Gasteiger partial charge is 0.330 e. The number of halogens is 2. The first kappa shape index (κ1) is 17.1. The normalized spacial score (nSPS) is 12.2. The van der Waals surface area contributed by atoms with Crippen LogP contribution in [0.2, 0.25) is 5.02 Å². The molecule has 3 N–H and O–H groups in total. The van der Waals surface area contributed by atoms with Crippen LogP contribution in [0.5, 0.6) is 0 Å². The third kappa shape index (κ3) is 3.94. The Hall–Kier alpha value is -2.25. The van der Waals surface area contributed by atoms with Gasteiger partial charge in [0.2, 0.25) is 0 Å². The van der Waals surface area contributed by atoms with Gasteiger partial charge in [-0.2, -0.15) is 0 Å². The van der Waals surface area contributed by atoms with Gasteiger partial charge in [-0.15, -0.1) is 0 Å². The minimum absolute atomic E-state index is 0.0698. The van der Waals surface area contributed by atoms with Crippen LogP contribution in [0.1, 0.15) is 11.6 Å². The van der Waals surface area contributed by atoms with Crippen molar-refractivity contribution in [3.63, 3.8) is 0 Å². The second-order valence-electron chi connectivity index (χ2n) is 5.33. The lowest BCUT2D eigenvalue weighted by atomic mass is 10.0. The Kier molecular flexibility index (Phi) is 5.46. The zero-order valence-electron chi connectivity index (χ0n) is 12.8. The van der Waals surface area contributed by atoms with Gasteiger partial charge in [-0.05, 0) is 18.2 Å². The van der Waals surface area contributed by atoms with Crippen molar-refractivity contribution >= 4 is 23.1 Å². The van der Waals surface area contributed by atoms with E-state index in [1.807, 2.05) is 14.1 Å². The number of quaternary nitrogens is 1. The largest absolute Gasteiger partial charge is 0.357 e. The summed E-state index contributed by atoms with van der Waals surface area (Å²) in [6, 6.07) is 7.17. The summed E-state index contributed by atoms with van der Waals surface area (Å²) in [6.45, 7) is 0.282. The van der Waals surface area contributed by atoms with Crippen LogP contribution in [0.25, 0.3) is 0 Å². The molecule has 1 atom stereocenters. The monoisotopic (exact) mass is 340 g/mol. The van der Waals surface area contributed by atoms with Gasteiger partial charge in [0.15, 0.2) is 6.04 Å². The minimum Gasteiger partial charge on any atom is -0.330 e. The molecule has 0 bridgehead atoms. The van der Waals surface area contributed by atoms with Crippen molar-refractivity contribution in [2.24, 2.45) is 0 Å². The van der Waals surface area contributed by atoms with Crippen LogP contribution in [-0.4, -0.2) is 25.6 Å². The van der Waals surface area contributed by atoms with Gasteiger partial charge in [-0.3, -0.25) is 15.4 Å². The number of nitro groups is 1. The molecule has 23 heavy (non-hydrogen) atoms. The van der Waals surface area contributed by atoms with Crippen molar-refractivity contribution in [2.75, 3.05) is 26.0 Å². The minimum atomic E-state index is -0.480. The van der Waals surface area contributed by atoms with Crippen molar-refractivity contribution in [2.45, 2.75) is 6.04 Å². The van der Waals surface area contributed by atoms with Gasteiger partial charge in [0, 0.05) is 6.07 Å². The number of aromatic nitrogens is 1. The highest BCUT2D eigenvalue weighted by molar-refractivity contribution is 6.31. The molecule has 0 fully saturated rings. The number of hydrogen-bond acceptors (Lipinski definition) is 3. The maximum absolute atomic E-state index is 14.2. The number of nitrogens with one attached hydrogen (secondary N) is 3. The molecule has 0 spiro atoms. The molecule has 1 heterocycles. The number of benzene rings is 1. The molecule has 122 valence electrons. The molecule has 2 aromatic rings. The lowest BCUT2D eigenvalue weighted by Gasteiger charge is -2.21. The average molecular weight is 341 g/mol. The molecule has 0 saturated carbocycles. The summed E-state index contributed by atoms with van der Waals surface area (Å²) >= 11 is 6.13. The van der Waals surface area contributed by atoms with Gasteiger partial charge in [-0.25, -0.2) is 9.37 Å². The lowest BCUT2D eigenvalue weighted by Crippen LogP contribution is -3.06. The quantitative estimate of drug-likeness (QED) is 0.618. The van der Waals surface area contributed by atoms with E-state index in [-0.39, 0.29) is 24.1 Å². The van der Waals surface area contributed by atoms with Gasteiger partial charge < -0.3 is 4.90 Å². The van der Waals surface area contributed by atoms with E-state index >= 15 is 0 Å². The molecule has 0 amide bonds. The van der Waals surface area contributed by atoms with E-state index in [4.69, 9.17) is 11.6 Å². The summed E-state index contributed by atoms with van der Waals surface area (Å²) in [7, 11) is 3.75. The number of nitrogens with zero attached hydrogens (tertiary/aromatic N) is 1. The number of likely N-dealkylation sites (N-methyl/N-ethyl adjacent to an activating group) is 1. The van der Waals surface area contributed by atoms with Crippen LogP contribution in [0.15, 0.2) is 36.5 Å². The Balaban J connectivity index is 2.27. The van der Waals surface area contributed by atoms with Crippen molar-refractivity contribution in [1.29, 1.82) is 0 Å². The molecule has 0 aliphatic rings. The molecule has 1 aromatic carbocycles. The Morgan fingerprint density at radius 2 is 2.13 bits per heavy atom. The number of hydrogen-bond donors (Lipinski definition) is 2. The van der Waals surface area contributed by atoms with Crippen LogP contribution in [-0.2, 0) is 0 Å². The Labute approximate surface area is 138 Å². The van der Waals surface area contributed by atoms with Crippen molar-refractivity contribution < 1.29 is 19.2 Å². The molecular formula is C15H18ClFN4O2+2. The fraction of sp³-hybridized carbons (Fsp3) is 0.267. The van der Waals surface area contributed by atoms with Gasteiger partial charge in [0.1, 0.15) is 12.4 Å². The predicted molar refractivity (Wildman–Crippen MR) is 85.1 cm³/mol. The number of aromatic amines is 1. The fourth-order valence-corrected chi connectivity index (χ4v) is 2.66. The summed E-state index contributed by atoms with van der Waals surface area (Å²) < 4.78 is 14.2. The molecular weight excluding hydrogens is 323 g/mol. The predicted octanol–water partition coefficient (Wildman–Crippen LogP) is 1.50. The second-order valence-corrected chi connectivity index (χ2v) is 5.74. The number of H-pyrrole nitrogens is 1. The van der Waals surface area contributed by atoms with Crippen molar-refractivity contribution in [3.8, 4) is 0 Å². The van der Waals surface area contributed by atoms with Gasteiger partial charge >= 0.3 is 11.5 Å². The molecule has 2 rings (SSSR count). The van der Waals surface area contributed by atoms with Gasteiger partial charge in [0.05, 0.1) is 35.8 Å². The van der Waals surface area contributed by atoms with Crippen molar-refractivity contribution in [1.82, 2.24) is 0 Å². The van der Waals surface area contributed by atoms with E-state index < -0.39 is 10.7 Å². The van der Waals surface area contributed by atoms with E-state index in [0.717, 1.165) is 4.90 Å². The van der Waals surface area contributed by atoms with Crippen LogP contribution >= 0.6 is 11.6 Å². The van der Waals surface area contributed by atoms with Crippen LogP contribution in [0.4, 0.5) is 15.9 Å². The Bertz CT molecular complexity index is 691. The highest BCUT2D eigenvalue weighted by atomic mass is 35.5. The van der Waals surface area contributed by atoms with E-state index in [1.165, 1.54) is 12.1 Å². The first-order chi connectivity index (χ1) is 10.9. The maximum Gasteiger partial charge on any atom is 0.357 e. The molecule has 0 aliphatic carbocycles. The molecule has 0 unspecified atom stereocenters. The highest BCUT2D eigenvalue weighted by Crippen LogP contribution is 2.25. The maximum atomic E-state index is 14.2. The van der Waals surface area contributed by atoms with E-state index in [1.54, 1.807) is 24.4 Å². The summed E-state index contributed by atoms with van der Waals surface area (Å²) in [5.41, 5.74) is 0.319. The zero-order chi connectivity index (χ0) is 17.0. The number of anilines is 1. The average Bonchev–Trinajstić information content (AvgIpc) is 2.50. The summed E-state index contributed by atoms with van der Waals surface area (Å²) in [6.07, 6.45) is 1.59. The number of rotatable bonds is 6. The highest BCUT2D eigenvalue weighted by Gasteiger charge is 2.28. The second kappa shape index (κ2) is 7.34. The first-order valence-electron chi connectivity index (χ1n) is 7.04. The van der Waals surface area contributed by atoms with Crippen LogP contribution in [0, 0.1) is 15.9 Å². The van der Waals surface area contributed by atoms with E-state index in [2.05, 4.69) is 10.3 Å². The standard InChI is InChI=1S/C15H16ClFN4O2/c1-20(2)13(14-10(16)5-3-6-11(14)17)9-19-15-12(21(22)23)7-4-8-18-15/h3-8,13H,9H2,1-2H3,(H,18,19)/p+2/t13-/m1/s1. The summed E-state index contributed by atoms with van der Waals surface area (Å²) in [5, 5.41) is 14.4. The fourth-order valence-electron chi connectivity index (χ4n) is 2.36. The molecule has 0 radical (unpaired) electrons. The van der Waals surface area contributed by atoms with Crippen LogP contribution < -0.4 is 15.2 Å². The molecule has 1 aromatic heterocycles. The van der Waals surface area contributed by atoms with E-state index in [0.29, 0.717) is 10.6 Å². The molecule has 6 nitrogen and oxygen atoms in total. The molecule has 0 saturated heterocycles. The summed E-state index contributed by atoms with van der Waals surface area (Å²) in [5.74, 6) is -0.117. The van der Waals surface area contributed by atoms with Gasteiger partial charge in [0.25, 0.3) is 0 Å². The Morgan fingerprint density at radius 1 is 1.39 bits per heavy atom. The first-order valence-corrected chi connectivity index (χ1v) is 7.42. The van der Waals surface area contributed by atoms with Gasteiger partial charge in [-0.1, -0.05) is 17.7 Å². The third-order valence-corrected chi connectivity index (χ3v) is 3.89. The van der Waals surface area contributed by atoms with Crippen molar-refractivity contribution in [3.05, 3.63) is 63.0 Å². The lowest BCUT2D eigenvalue weighted by molar-refractivity contribution is -0.890. The number of pyridine rings is 1. The molecule has 0 aliphatic heterocycles. The van der Waals surface area contributed by atoms with Crippen LogP contribution in [0.3, 0.4) is 0 Å². The zero-order valence-corrected chi connectivity index (χ0v) is 13.5. The van der Waals surface area contributed by atoms with E-state index in [9.17, 15) is 14.5 Å².